The monoisotopic (exact) mass is 943 g/mol. The van der Waals surface area contributed by atoms with E-state index in [-0.39, 0.29) is 24.8 Å². The lowest BCUT2D eigenvalue weighted by Gasteiger charge is -2.13. The maximum Gasteiger partial charge on any atom is 0.406 e. The number of anilines is 3. The number of pyridine rings is 1. The number of fused-ring (bicyclic) bond motifs is 1. The van der Waals surface area contributed by atoms with Gasteiger partial charge in [-0.3, -0.25) is 4.79 Å². The first-order valence-corrected chi connectivity index (χ1v) is 21.8. The summed E-state index contributed by atoms with van der Waals surface area (Å²) in [5.74, 6) is 8.35. The minimum absolute atomic E-state index is 0.146. The van der Waals surface area contributed by atoms with Crippen molar-refractivity contribution in [2.75, 3.05) is 103 Å². The molecule has 0 saturated heterocycles. The summed E-state index contributed by atoms with van der Waals surface area (Å²) in [4.78, 5) is 16.8. The molecule has 0 saturated carbocycles. The molecule has 0 spiro atoms. The van der Waals surface area contributed by atoms with Crippen molar-refractivity contribution in [1.29, 1.82) is 0 Å². The zero-order chi connectivity index (χ0) is 48.3. The number of ether oxygens (including phenoxy) is 7. The average molecular weight is 944 g/mol. The fourth-order valence-corrected chi connectivity index (χ4v) is 7.08. The summed E-state index contributed by atoms with van der Waals surface area (Å²) in [6.07, 6.45) is -2.68. The Kier molecular flexibility index (Phi) is 18.6. The second-order valence-electron chi connectivity index (χ2n) is 15.0. The highest BCUT2D eigenvalue weighted by molar-refractivity contribution is 5.94. The Morgan fingerprint density at radius 2 is 1.56 bits per heavy atom. The lowest BCUT2D eigenvalue weighted by atomic mass is 10.1. The number of carbonyl (C=O) groups is 1. The largest absolute Gasteiger partial charge is 0.494 e. The summed E-state index contributed by atoms with van der Waals surface area (Å²) in [6, 6.07) is 21.5. The number of halogens is 3. The van der Waals surface area contributed by atoms with Crippen molar-refractivity contribution in [3.8, 4) is 46.1 Å². The number of rotatable bonds is 26. The third-order valence-corrected chi connectivity index (χ3v) is 10.2. The molecule has 0 aliphatic carbocycles. The molecule has 0 bridgehead atoms. The Morgan fingerprint density at radius 3 is 2.28 bits per heavy atom. The van der Waals surface area contributed by atoms with Gasteiger partial charge in [-0.1, -0.05) is 29.3 Å². The number of carbonyl (C=O) groups excluding carboxylic acids is 1. The Labute approximate surface area is 392 Å². The molecule has 1 amide bonds. The smallest absolute Gasteiger partial charge is 0.406 e. The third-order valence-electron chi connectivity index (χ3n) is 10.2. The van der Waals surface area contributed by atoms with E-state index >= 15 is 0 Å². The van der Waals surface area contributed by atoms with Crippen molar-refractivity contribution in [3.05, 3.63) is 102 Å². The molecule has 0 aliphatic heterocycles. The number of hydrogen-bond donors (Lipinski definition) is 4. The molecule has 362 valence electrons. The Balaban J connectivity index is 0.793. The van der Waals surface area contributed by atoms with E-state index in [1.165, 1.54) is 11.7 Å². The molecule has 3 heterocycles. The number of hydrogen-bond acceptors (Lipinski definition) is 14. The van der Waals surface area contributed by atoms with Gasteiger partial charge in [-0.15, -0.1) is 0 Å². The first-order valence-electron chi connectivity index (χ1n) is 21.8. The van der Waals surface area contributed by atoms with Crippen molar-refractivity contribution >= 4 is 33.9 Å². The highest BCUT2D eigenvalue weighted by Crippen LogP contribution is 2.33. The van der Waals surface area contributed by atoms with Crippen molar-refractivity contribution < 1.29 is 55.6 Å². The SMILES string of the molecule is CNc1cccc2c1cc(C#CCNc1ccc(OCCOCCOCCOCCNC(=O)COc3cccc(CNc4cc(-c5c(C)noc5C)cnc4OC)c3)cc1OC)n2CC(F)(F)F. The summed E-state index contributed by atoms with van der Waals surface area (Å²) >= 11 is 0. The van der Waals surface area contributed by atoms with E-state index in [0.29, 0.717) is 111 Å². The fraction of sp³-hybridized carbons (Fsp3) is 0.367. The summed E-state index contributed by atoms with van der Waals surface area (Å²) in [5.41, 5.74) is 6.24. The molecule has 0 aliphatic rings. The standard InChI is InChI=1S/C49H56F3N7O9/c1-33-47(34(2)68-58-33)36-26-43(48(62-5)57-30-36)56-29-35-9-6-11-38(25-35)67-31-46(60)55-17-18-63-19-20-64-21-22-65-23-24-66-39-14-15-42(45(28-39)61-4)54-16-8-10-37-27-40-41(53-3)12-7-13-44(40)59(37)32-49(50,51)52/h6-7,9,11-15,25-28,30,53-54,56H,16-24,29,31-32H2,1-5H3,(H,55,60). The fourth-order valence-electron chi connectivity index (χ4n) is 7.08. The summed E-state index contributed by atoms with van der Waals surface area (Å²) in [6.45, 7) is 5.79. The quantitative estimate of drug-likeness (QED) is 0.0309. The summed E-state index contributed by atoms with van der Waals surface area (Å²) in [7, 11) is 4.81. The number of methoxy groups -OCH3 is 2. The molecule has 3 aromatic carbocycles. The predicted octanol–water partition coefficient (Wildman–Crippen LogP) is 7.63. The molecule has 19 heteroatoms. The van der Waals surface area contributed by atoms with Gasteiger partial charge in [0, 0.05) is 54.6 Å². The Bertz CT molecular complexity index is 2620. The normalized spacial score (nSPS) is 11.2. The third kappa shape index (κ3) is 14.7. The molecule has 16 nitrogen and oxygen atoms in total. The number of alkyl halides is 3. The van der Waals surface area contributed by atoms with Gasteiger partial charge in [0.25, 0.3) is 5.91 Å². The van der Waals surface area contributed by atoms with Gasteiger partial charge in [0.2, 0.25) is 5.88 Å². The number of aromatic nitrogens is 3. The van der Waals surface area contributed by atoms with E-state index in [2.05, 4.69) is 43.2 Å². The van der Waals surface area contributed by atoms with Gasteiger partial charge in [0.05, 0.1) is 88.7 Å². The van der Waals surface area contributed by atoms with Gasteiger partial charge in [-0.2, -0.15) is 13.2 Å². The second kappa shape index (κ2) is 25.1. The van der Waals surface area contributed by atoms with Crippen LogP contribution in [0.2, 0.25) is 0 Å². The van der Waals surface area contributed by atoms with Crippen LogP contribution in [-0.2, 0) is 32.1 Å². The van der Waals surface area contributed by atoms with Crippen LogP contribution < -0.4 is 40.2 Å². The van der Waals surface area contributed by atoms with Crippen molar-refractivity contribution in [2.45, 2.75) is 33.1 Å². The number of amides is 1. The highest BCUT2D eigenvalue weighted by Gasteiger charge is 2.30. The van der Waals surface area contributed by atoms with E-state index < -0.39 is 12.7 Å². The van der Waals surface area contributed by atoms with Crippen LogP contribution in [0.25, 0.3) is 22.0 Å². The van der Waals surface area contributed by atoms with Crippen LogP contribution in [0.3, 0.4) is 0 Å². The maximum absolute atomic E-state index is 13.4. The van der Waals surface area contributed by atoms with Crippen molar-refractivity contribution in [3.63, 3.8) is 0 Å². The van der Waals surface area contributed by atoms with Crippen LogP contribution in [0.1, 0.15) is 22.7 Å². The van der Waals surface area contributed by atoms with Crippen LogP contribution in [0.4, 0.5) is 30.2 Å². The van der Waals surface area contributed by atoms with Gasteiger partial charge in [-0.25, -0.2) is 4.98 Å². The molecular formula is C49H56F3N7O9. The first kappa shape index (κ1) is 50.3. The van der Waals surface area contributed by atoms with Gasteiger partial charge in [-0.05, 0) is 73.9 Å². The van der Waals surface area contributed by atoms with E-state index in [4.69, 9.17) is 37.7 Å². The molecule has 0 radical (unpaired) electrons. The van der Waals surface area contributed by atoms with Crippen LogP contribution >= 0.6 is 0 Å². The van der Waals surface area contributed by atoms with Crippen LogP contribution in [0.15, 0.2) is 83.5 Å². The molecule has 0 atom stereocenters. The number of aryl methyl sites for hydroxylation is 2. The first-order chi connectivity index (χ1) is 33.0. The van der Waals surface area contributed by atoms with Gasteiger partial charge >= 0.3 is 6.18 Å². The average Bonchev–Trinajstić information content (AvgIpc) is 3.86. The zero-order valence-corrected chi connectivity index (χ0v) is 38.6. The Hall–Kier alpha value is -7.14. The molecular weight excluding hydrogens is 888 g/mol. The van der Waals surface area contributed by atoms with Crippen LogP contribution in [0, 0.1) is 25.7 Å². The van der Waals surface area contributed by atoms with Gasteiger partial charge in [0.15, 0.2) is 6.61 Å². The molecule has 6 rings (SSSR count). The number of benzene rings is 3. The molecule has 3 aromatic heterocycles. The molecule has 0 unspecified atom stereocenters. The minimum atomic E-state index is -4.41. The lowest BCUT2D eigenvalue weighted by Crippen LogP contribution is -2.31. The molecule has 6 aromatic rings. The van der Waals surface area contributed by atoms with E-state index in [1.54, 1.807) is 68.9 Å². The predicted molar refractivity (Wildman–Crippen MR) is 252 cm³/mol. The van der Waals surface area contributed by atoms with E-state index in [9.17, 15) is 18.0 Å². The number of nitrogens with one attached hydrogen (secondary N) is 4. The van der Waals surface area contributed by atoms with Gasteiger partial charge in [0.1, 0.15) is 36.2 Å². The highest BCUT2D eigenvalue weighted by atomic mass is 19.4. The number of nitrogens with zero attached hydrogens (tertiary/aromatic N) is 3. The molecule has 4 N–H and O–H groups in total. The van der Waals surface area contributed by atoms with Crippen LogP contribution in [-0.4, -0.2) is 114 Å². The Morgan fingerprint density at radius 1 is 0.809 bits per heavy atom. The topological polar surface area (TPSA) is 174 Å². The van der Waals surface area contributed by atoms with E-state index in [0.717, 1.165) is 28.1 Å². The van der Waals surface area contributed by atoms with Crippen molar-refractivity contribution in [1.82, 2.24) is 20.0 Å². The van der Waals surface area contributed by atoms with E-state index in [1.807, 2.05) is 38.1 Å². The molecule has 0 fully saturated rings. The van der Waals surface area contributed by atoms with Crippen molar-refractivity contribution in [2.24, 2.45) is 0 Å². The van der Waals surface area contributed by atoms with Crippen LogP contribution in [0.5, 0.6) is 23.1 Å². The summed E-state index contributed by atoms with van der Waals surface area (Å²) in [5, 5.41) is 17.0. The maximum atomic E-state index is 13.4. The second-order valence-corrected chi connectivity index (χ2v) is 15.0. The zero-order valence-electron chi connectivity index (χ0n) is 38.6. The lowest BCUT2D eigenvalue weighted by molar-refractivity contribution is -0.140. The molecule has 68 heavy (non-hydrogen) atoms. The minimum Gasteiger partial charge on any atom is -0.494 e. The summed E-state index contributed by atoms with van der Waals surface area (Å²) < 4.78 is 86.0. The van der Waals surface area contributed by atoms with Gasteiger partial charge < -0.3 is 63.5 Å².